The van der Waals surface area contributed by atoms with Gasteiger partial charge in [0.05, 0.1) is 33.5 Å². The topological polar surface area (TPSA) is 62.6 Å². The molecule has 2 aromatic rings. The Balaban J connectivity index is 1.86. The first-order valence-electron chi connectivity index (χ1n) is 7.46. The number of halogens is 3. The number of amides is 2. The molecule has 0 aliphatic heterocycles. The molecule has 5 nitrogen and oxygen atoms in total. The van der Waals surface area contributed by atoms with Gasteiger partial charge in [0.1, 0.15) is 0 Å². The Hall–Kier alpha value is -1.79. The van der Waals surface area contributed by atoms with Crippen LogP contribution in [0.1, 0.15) is 0 Å². The number of rotatable bonds is 6. The van der Waals surface area contributed by atoms with Crippen LogP contribution in [0.25, 0.3) is 0 Å². The number of hydrogen-bond acceptors (Lipinski definition) is 2. The molecule has 132 valence electrons. The van der Waals surface area contributed by atoms with Crippen LogP contribution in [0.5, 0.6) is 0 Å². The molecule has 25 heavy (non-hydrogen) atoms. The van der Waals surface area contributed by atoms with Gasteiger partial charge in [0.15, 0.2) is 13.1 Å². The monoisotopic (exact) mass is 400 g/mol. The molecule has 0 heterocycles. The molecule has 3 N–H and O–H groups in total. The lowest BCUT2D eigenvalue weighted by molar-refractivity contribution is -0.862. The van der Waals surface area contributed by atoms with E-state index in [2.05, 4.69) is 10.6 Å². The van der Waals surface area contributed by atoms with Gasteiger partial charge in [-0.3, -0.25) is 9.59 Å². The lowest BCUT2D eigenvalue weighted by Crippen LogP contribution is -3.11. The normalized spacial score (nSPS) is 11.7. The molecule has 2 amide bonds. The summed E-state index contributed by atoms with van der Waals surface area (Å²) in [5.41, 5.74) is 0.976. The second kappa shape index (κ2) is 9.06. The maximum absolute atomic E-state index is 12.1. The number of anilines is 2. The van der Waals surface area contributed by atoms with Crippen molar-refractivity contribution in [1.29, 1.82) is 0 Å². The van der Waals surface area contributed by atoms with E-state index in [0.717, 1.165) is 0 Å². The summed E-state index contributed by atoms with van der Waals surface area (Å²) in [7, 11) is 1.74. The van der Waals surface area contributed by atoms with E-state index in [4.69, 9.17) is 34.8 Å². The van der Waals surface area contributed by atoms with Crippen molar-refractivity contribution in [3.8, 4) is 0 Å². The van der Waals surface area contributed by atoms with Crippen LogP contribution < -0.4 is 15.5 Å². The zero-order valence-corrected chi connectivity index (χ0v) is 15.7. The van der Waals surface area contributed by atoms with E-state index in [1.54, 1.807) is 49.5 Å². The van der Waals surface area contributed by atoms with E-state index >= 15 is 0 Å². The van der Waals surface area contributed by atoms with Crippen LogP contribution in [0.2, 0.25) is 15.1 Å². The highest BCUT2D eigenvalue weighted by Crippen LogP contribution is 2.29. The van der Waals surface area contributed by atoms with Gasteiger partial charge < -0.3 is 15.5 Å². The van der Waals surface area contributed by atoms with Crippen LogP contribution in [0.15, 0.2) is 42.5 Å². The summed E-state index contributed by atoms with van der Waals surface area (Å²) in [5, 5.41) is 6.51. The Morgan fingerprint density at radius 1 is 0.840 bits per heavy atom. The number of carbonyl (C=O) groups excluding carboxylic acids is 2. The van der Waals surface area contributed by atoms with Gasteiger partial charge in [0.2, 0.25) is 0 Å². The standard InChI is InChI=1S/C17H16Cl3N3O2/c1-23(9-15(24)21-13-7-3-2-5-11(13)18)10-16(25)22-14-8-4-6-12(19)17(14)20/h2-8H,9-10H2,1H3,(H,21,24)(H,22,25)/p+1. The first kappa shape index (κ1) is 19.5. The van der Waals surface area contributed by atoms with Crippen molar-refractivity contribution >= 4 is 58.0 Å². The lowest BCUT2D eigenvalue weighted by atomic mass is 10.3. The summed E-state index contributed by atoms with van der Waals surface area (Å²) in [6.45, 7) is 0.209. The maximum Gasteiger partial charge on any atom is 0.279 e. The predicted molar refractivity (Wildman–Crippen MR) is 102 cm³/mol. The number of benzene rings is 2. The third kappa shape index (κ3) is 5.90. The van der Waals surface area contributed by atoms with E-state index in [9.17, 15) is 9.59 Å². The molecule has 2 rings (SSSR count). The lowest BCUT2D eigenvalue weighted by Gasteiger charge is -2.14. The van der Waals surface area contributed by atoms with Gasteiger partial charge in [0.25, 0.3) is 11.8 Å². The SMILES string of the molecule is C[NH+](CC(=O)Nc1ccccc1Cl)CC(=O)Nc1cccc(Cl)c1Cl. The third-order valence-corrected chi connectivity index (χ3v) is 4.45. The molecule has 0 aromatic heterocycles. The van der Waals surface area contributed by atoms with Crippen LogP contribution in [0.3, 0.4) is 0 Å². The Morgan fingerprint density at radius 3 is 2.00 bits per heavy atom. The van der Waals surface area contributed by atoms with Crippen molar-refractivity contribution in [2.24, 2.45) is 0 Å². The van der Waals surface area contributed by atoms with Gasteiger partial charge in [-0.15, -0.1) is 0 Å². The smallest absolute Gasteiger partial charge is 0.279 e. The molecule has 8 heteroatoms. The molecule has 0 fully saturated rings. The average molecular weight is 402 g/mol. The summed E-state index contributed by atoms with van der Waals surface area (Å²) in [6.07, 6.45) is 0. The fourth-order valence-corrected chi connectivity index (χ4v) is 2.69. The highest BCUT2D eigenvalue weighted by atomic mass is 35.5. The van der Waals surface area contributed by atoms with Crippen molar-refractivity contribution in [3.63, 3.8) is 0 Å². The van der Waals surface area contributed by atoms with Crippen LogP contribution in [-0.2, 0) is 9.59 Å². The van der Waals surface area contributed by atoms with Crippen LogP contribution in [0, 0.1) is 0 Å². The number of likely N-dealkylation sites (N-methyl/N-ethyl adjacent to an activating group) is 1. The Labute approximate surface area is 160 Å². The second-order valence-electron chi connectivity index (χ2n) is 5.49. The molecule has 0 aliphatic rings. The summed E-state index contributed by atoms with van der Waals surface area (Å²) in [6, 6.07) is 11.9. The summed E-state index contributed by atoms with van der Waals surface area (Å²) < 4.78 is 0. The van der Waals surface area contributed by atoms with Crippen LogP contribution in [-0.4, -0.2) is 32.0 Å². The largest absolute Gasteiger partial charge is 0.322 e. The van der Waals surface area contributed by atoms with Gasteiger partial charge >= 0.3 is 0 Å². The van der Waals surface area contributed by atoms with Gasteiger partial charge in [-0.05, 0) is 24.3 Å². The average Bonchev–Trinajstić information content (AvgIpc) is 2.53. The highest BCUT2D eigenvalue weighted by Gasteiger charge is 2.16. The first-order valence-corrected chi connectivity index (χ1v) is 8.59. The van der Waals surface area contributed by atoms with Gasteiger partial charge in [-0.2, -0.15) is 0 Å². The summed E-state index contributed by atoms with van der Waals surface area (Å²) >= 11 is 17.9. The first-order chi connectivity index (χ1) is 11.9. The van der Waals surface area contributed by atoms with E-state index in [-0.39, 0.29) is 29.9 Å². The molecule has 2 aromatic carbocycles. The number of nitrogens with one attached hydrogen (secondary N) is 3. The number of quaternary nitrogens is 1. The quantitative estimate of drug-likeness (QED) is 0.697. The molecule has 0 saturated carbocycles. The molecule has 0 saturated heterocycles. The van der Waals surface area contributed by atoms with Gasteiger partial charge in [0, 0.05) is 0 Å². The van der Waals surface area contributed by atoms with E-state index in [1.807, 2.05) is 0 Å². The van der Waals surface area contributed by atoms with Crippen molar-refractivity contribution in [1.82, 2.24) is 0 Å². The molecule has 0 bridgehead atoms. The van der Waals surface area contributed by atoms with Gasteiger partial charge in [-0.25, -0.2) is 0 Å². The number of carbonyl (C=O) groups is 2. The molecular formula is C17H17Cl3N3O2+. The van der Waals surface area contributed by atoms with Crippen molar-refractivity contribution in [2.45, 2.75) is 0 Å². The van der Waals surface area contributed by atoms with Crippen molar-refractivity contribution in [3.05, 3.63) is 57.5 Å². The van der Waals surface area contributed by atoms with E-state index in [0.29, 0.717) is 26.3 Å². The van der Waals surface area contributed by atoms with Crippen molar-refractivity contribution in [2.75, 3.05) is 30.8 Å². The van der Waals surface area contributed by atoms with Gasteiger partial charge in [-0.1, -0.05) is 53.0 Å². The van der Waals surface area contributed by atoms with Crippen molar-refractivity contribution < 1.29 is 14.5 Å². The molecule has 0 spiro atoms. The molecule has 1 atom stereocenters. The molecule has 1 unspecified atom stereocenters. The Morgan fingerprint density at radius 2 is 1.36 bits per heavy atom. The molecular weight excluding hydrogens is 385 g/mol. The minimum Gasteiger partial charge on any atom is -0.322 e. The third-order valence-electron chi connectivity index (χ3n) is 3.30. The molecule has 0 radical (unpaired) electrons. The minimum absolute atomic E-state index is 0.0960. The van der Waals surface area contributed by atoms with E-state index < -0.39 is 0 Å². The maximum atomic E-state index is 12.1. The fraction of sp³-hybridized carbons (Fsp3) is 0.176. The Bertz CT molecular complexity index is 783. The zero-order valence-electron chi connectivity index (χ0n) is 13.4. The summed E-state index contributed by atoms with van der Waals surface area (Å²) in [5.74, 6) is -0.508. The second-order valence-corrected chi connectivity index (χ2v) is 6.68. The minimum atomic E-state index is -0.271. The van der Waals surface area contributed by atoms with E-state index in [1.165, 1.54) is 0 Å². The number of para-hydroxylation sites is 1. The highest BCUT2D eigenvalue weighted by molar-refractivity contribution is 6.44. The zero-order chi connectivity index (χ0) is 18.4. The molecule has 0 aliphatic carbocycles. The van der Waals surface area contributed by atoms with Crippen LogP contribution >= 0.6 is 34.8 Å². The number of hydrogen-bond donors (Lipinski definition) is 3. The Kier molecular flexibility index (Phi) is 7.08. The fourth-order valence-electron chi connectivity index (χ4n) is 2.16. The summed E-state index contributed by atoms with van der Waals surface area (Å²) in [4.78, 5) is 24.9. The van der Waals surface area contributed by atoms with Crippen LogP contribution in [0.4, 0.5) is 11.4 Å². The predicted octanol–water partition coefficient (Wildman–Crippen LogP) is 2.74.